The first kappa shape index (κ1) is 20.6. The predicted molar refractivity (Wildman–Crippen MR) is 113 cm³/mol. The minimum atomic E-state index is -0.400. The number of benzene rings is 2. The second kappa shape index (κ2) is 9.37. The van der Waals surface area contributed by atoms with Crippen LogP contribution in [0.3, 0.4) is 0 Å². The molecule has 0 radical (unpaired) electrons. The SMILES string of the molecule is C=CC(=O)OCCCC1(CCCOC(=O)C=C)c2ccccc2-c2ccccc21. The molecular formula is C25H26O4. The molecule has 0 spiro atoms. The van der Waals surface area contributed by atoms with Gasteiger partial charge >= 0.3 is 11.9 Å². The number of rotatable bonds is 10. The molecule has 0 N–H and O–H groups in total. The van der Waals surface area contributed by atoms with Crippen LogP contribution in [0.2, 0.25) is 0 Å². The molecule has 1 aliphatic carbocycles. The van der Waals surface area contributed by atoms with E-state index >= 15 is 0 Å². The fraction of sp³-hybridized carbons (Fsp3) is 0.280. The predicted octanol–water partition coefficient (Wildman–Crippen LogP) is 4.97. The zero-order valence-corrected chi connectivity index (χ0v) is 16.6. The van der Waals surface area contributed by atoms with Gasteiger partial charge in [0.05, 0.1) is 13.2 Å². The third kappa shape index (κ3) is 4.32. The Morgan fingerprint density at radius 3 is 1.59 bits per heavy atom. The average molecular weight is 390 g/mol. The molecule has 0 atom stereocenters. The minimum Gasteiger partial charge on any atom is -0.463 e. The largest absolute Gasteiger partial charge is 0.463 e. The average Bonchev–Trinajstić information content (AvgIpc) is 3.04. The van der Waals surface area contributed by atoms with Crippen LogP contribution in [-0.2, 0) is 24.5 Å². The summed E-state index contributed by atoms with van der Waals surface area (Å²) in [6, 6.07) is 16.9. The number of carbonyl (C=O) groups excluding carboxylic acids is 2. The zero-order chi connectivity index (χ0) is 20.7. The summed E-state index contributed by atoms with van der Waals surface area (Å²) < 4.78 is 10.4. The Kier molecular flexibility index (Phi) is 6.65. The van der Waals surface area contributed by atoms with Gasteiger partial charge in [-0.3, -0.25) is 0 Å². The van der Waals surface area contributed by atoms with E-state index in [1.165, 1.54) is 34.4 Å². The standard InChI is InChI=1S/C25H26O4/c1-3-23(26)28-17-9-15-25(16-10-18-29-24(27)4-2)21-13-7-5-11-19(21)20-12-6-8-14-22(20)25/h3-8,11-14H,1-2,9-10,15-18H2. The van der Waals surface area contributed by atoms with Gasteiger partial charge in [0, 0.05) is 17.6 Å². The van der Waals surface area contributed by atoms with Crippen molar-refractivity contribution < 1.29 is 19.1 Å². The lowest BCUT2D eigenvalue weighted by atomic mass is 9.71. The van der Waals surface area contributed by atoms with Crippen LogP contribution >= 0.6 is 0 Å². The highest BCUT2D eigenvalue weighted by Crippen LogP contribution is 2.53. The van der Waals surface area contributed by atoms with Gasteiger partial charge in [-0.15, -0.1) is 0 Å². The molecule has 0 unspecified atom stereocenters. The van der Waals surface area contributed by atoms with Crippen LogP contribution in [0.15, 0.2) is 73.8 Å². The number of hydrogen-bond donors (Lipinski definition) is 0. The first-order valence-corrected chi connectivity index (χ1v) is 9.90. The maximum Gasteiger partial charge on any atom is 0.330 e. The molecule has 2 aromatic carbocycles. The summed E-state index contributed by atoms with van der Waals surface area (Å²) >= 11 is 0. The molecule has 0 heterocycles. The Balaban J connectivity index is 1.86. The van der Waals surface area contributed by atoms with E-state index in [4.69, 9.17) is 9.47 Å². The molecule has 1 aliphatic rings. The quantitative estimate of drug-likeness (QED) is 0.326. The smallest absolute Gasteiger partial charge is 0.330 e. The summed E-state index contributed by atoms with van der Waals surface area (Å²) in [5.41, 5.74) is 4.86. The number of esters is 2. The van der Waals surface area contributed by atoms with Crippen LogP contribution in [0.4, 0.5) is 0 Å². The summed E-state index contributed by atoms with van der Waals surface area (Å²) in [6.07, 6.45) is 5.50. The van der Waals surface area contributed by atoms with Gasteiger partial charge in [-0.1, -0.05) is 61.7 Å². The van der Waals surface area contributed by atoms with Gasteiger partial charge in [-0.25, -0.2) is 9.59 Å². The molecule has 4 nitrogen and oxygen atoms in total. The van der Waals surface area contributed by atoms with E-state index in [0.717, 1.165) is 25.7 Å². The first-order valence-electron chi connectivity index (χ1n) is 9.90. The summed E-state index contributed by atoms with van der Waals surface area (Å²) in [6.45, 7) is 7.58. The maximum absolute atomic E-state index is 11.4. The highest BCUT2D eigenvalue weighted by Gasteiger charge is 2.41. The van der Waals surface area contributed by atoms with E-state index in [9.17, 15) is 9.59 Å². The molecule has 0 bridgehead atoms. The number of hydrogen-bond acceptors (Lipinski definition) is 4. The highest BCUT2D eigenvalue weighted by atomic mass is 16.5. The van der Waals surface area contributed by atoms with Crippen LogP contribution in [0.5, 0.6) is 0 Å². The van der Waals surface area contributed by atoms with Crippen molar-refractivity contribution in [2.24, 2.45) is 0 Å². The molecule has 0 fully saturated rings. The van der Waals surface area contributed by atoms with Crippen molar-refractivity contribution in [1.82, 2.24) is 0 Å². The van der Waals surface area contributed by atoms with Gasteiger partial charge in [-0.05, 0) is 47.9 Å². The molecule has 0 aromatic heterocycles. The van der Waals surface area contributed by atoms with Crippen LogP contribution in [0.25, 0.3) is 11.1 Å². The number of carbonyl (C=O) groups is 2. The van der Waals surface area contributed by atoms with Crippen molar-refractivity contribution in [1.29, 1.82) is 0 Å². The van der Waals surface area contributed by atoms with Gasteiger partial charge in [0.25, 0.3) is 0 Å². The van der Waals surface area contributed by atoms with Crippen LogP contribution in [-0.4, -0.2) is 25.2 Å². The van der Waals surface area contributed by atoms with Gasteiger partial charge in [0.15, 0.2) is 0 Å². The summed E-state index contributed by atoms with van der Waals surface area (Å²) in [7, 11) is 0. The van der Waals surface area contributed by atoms with Gasteiger partial charge < -0.3 is 9.47 Å². The van der Waals surface area contributed by atoms with Crippen molar-refractivity contribution >= 4 is 11.9 Å². The van der Waals surface area contributed by atoms with E-state index in [1.807, 2.05) is 0 Å². The van der Waals surface area contributed by atoms with Crippen LogP contribution < -0.4 is 0 Å². The van der Waals surface area contributed by atoms with Gasteiger partial charge in [-0.2, -0.15) is 0 Å². The molecule has 0 aliphatic heterocycles. The maximum atomic E-state index is 11.4. The topological polar surface area (TPSA) is 52.6 Å². The Labute approximate surface area is 171 Å². The summed E-state index contributed by atoms with van der Waals surface area (Å²) in [4.78, 5) is 22.8. The Morgan fingerprint density at radius 1 is 0.759 bits per heavy atom. The van der Waals surface area contributed by atoms with Crippen LogP contribution in [0.1, 0.15) is 36.8 Å². The third-order valence-corrected chi connectivity index (χ3v) is 5.49. The lowest BCUT2D eigenvalue weighted by Crippen LogP contribution is -2.27. The lowest BCUT2D eigenvalue weighted by Gasteiger charge is -2.32. The summed E-state index contributed by atoms with van der Waals surface area (Å²) in [5.74, 6) is -0.801. The van der Waals surface area contributed by atoms with E-state index in [0.29, 0.717) is 13.2 Å². The normalized spacial score (nSPS) is 13.1. The molecule has 2 aromatic rings. The second-order valence-corrected chi connectivity index (χ2v) is 7.12. The van der Waals surface area contributed by atoms with Crippen molar-refractivity contribution in [2.45, 2.75) is 31.1 Å². The first-order chi connectivity index (χ1) is 14.1. The molecular weight excluding hydrogens is 364 g/mol. The van der Waals surface area contributed by atoms with Crippen molar-refractivity contribution in [3.05, 3.63) is 85.0 Å². The Morgan fingerprint density at radius 2 is 1.17 bits per heavy atom. The second-order valence-electron chi connectivity index (χ2n) is 7.12. The number of fused-ring (bicyclic) bond motifs is 3. The number of ether oxygens (including phenoxy) is 2. The van der Waals surface area contributed by atoms with E-state index in [1.54, 1.807) is 0 Å². The molecule has 3 rings (SSSR count). The minimum absolute atomic E-state index is 0.200. The molecule has 0 amide bonds. The van der Waals surface area contributed by atoms with Crippen molar-refractivity contribution in [2.75, 3.05) is 13.2 Å². The van der Waals surface area contributed by atoms with E-state index in [2.05, 4.69) is 61.7 Å². The zero-order valence-electron chi connectivity index (χ0n) is 16.6. The summed E-state index contributed by atoms with van der Waals surface area (Å²) in [5, 5.41) is 0. The van der Waals surface area contributed by atoms with Crippen LogP contribution in [0, 0.1) is 0 Å². The van der Waals surface area contributed by atoms with Gasteiger partial charge in [0.1, 0.15) is 0 Å². The van der Waals surface area contributed by atoms with E-state index < -0.39 is 11.9 Å². The van der Waals surface area contributed by atoms with Crippen molar-refractivity contribution in [3.63, 3.8) is 0 Å². The fourth-order valence-electron chi connectivity index (χ4n) is 4.29. The lowest BCUT2D eigenvalue weighted by molar-refractivity contribution is -0.138. The fourth-order valence-corrected chi connectivity index (χ4v) is 4.29. The Hall–Kier alpha value is -3.14. The molecule has 4 heteroatoms. The van der Waals surface area contributed by atoms with Crippen molar-refractivity contribution in [3.8, 4) is 11.1 Å². The Bertz CT molecular complexity index is 837. The molecule has 150 valence electrons. The van der Waals surface area contributed by atoms with Gasteiger partial charge in [0.2, 0.25) is 0 Å². The monoisotopic (exact) mass is 390 g/mol. The van der Waals surface area contributed by atoms with E-state index in [-0.39, 0.29) is 5.41 Å². The molecule has 0 saturated carbocycles. The molecule has 29 heavy (non-hydrogen) atoms. The third-order valence-electron chi connectivity index (χ3n) is 5.49. The molecule has 0 saturated heterocycles. The highest BCUT2D eigenvalue weighted by molar-refractivity contribution is 5.82.